The number of halogens is 2. The highest BCUT2D eigenvalue weighted by atomic mass is 79.9. The molecule has 1 atom stereocenters. The van der Waals surface area contributed by atoms with Gasteiger partial charge in [-0.05, 0) is 27.2 Å². The van der Waals surface area contributed by atoms with E-state index in [1.54, 1.807) is 12.1 Å². The Morgan fingerprint density at radius 1 is 1.58 bits per heavy atom. The Labute approximate surface area is 77.4 Å². The molecule has 0 aliphatic heterocycles. The van der Waals surface area contributed by atoms with Crippen molar-refractivity contribution in [2.45, 2.75) is 0 Å². The molecule has 1 aromatic carbocycles. The molecule has 0 amide bonds. The Bertz CT molecular complexity index is 282. The molecule has 1 aromatic rings. The SMILES string of the molecule is CO[NH+](O)c1cccc(Br)c1F. The summed E-state index contributed by atoms with van der Waals surface area (Å²) in [5.74, 6) is -0.531. The van der Waals surface area contributed by atoms with Gasteiger partial charge < -0.3 is 0 Å². The summed E-state index contributed by atoms with van der Waals surface area (Å²) in [5, 5.41) is 8.65. The van der Waals surface area contributed by atoms with E-state index in [9.17, 15) is 4.39 Å². The fourth-order valence-electron chi connectivity index (χ4n) is 0.779. The van der Waals surface area contributed by atoms with Crippen LogP contribution >= 0.6 is 15.9 Å². The van der Waals surface area contributed by atoms with Gasteiger partial charge in [0.2, 0.25) is 11.5 Å². The molecule has 1 unspecified atom stereocenters. The van der Waals surface area contributed by atoms with Crippen LogP contribution in [0.4, 0.5) is 10.1 Å². The second-order valence-corrected chi connectivity index (χ2v) is 2.96. The van der Waals surface area contributed by atoms with Crippen molar-refractivity contribution in [2.75, 3.05) is 7.11 Å². The summed E-state index contributed by atoms with van der Waals surface area (Å²) in [7, 11) is 1.27. The molecule has 0 bridgehead atoms. The van der Waals surface area contributed by atoms with Crippen LogP contribution < -0.4 is 5.23 Å². The Balaban J connectivity index is 3.07. The van der Waals surface area contributed by atoms with Crippen LogP contribution in [0.15, 0.2) is 22.7 Å². The Morgan fingerprint density at radius 2 is 2.25 bits per heavy atom. The molecule has 2 N–H and O–H groups in total. The summed E-state index contributed by atoms with van der Waals surface area (Å²) in [4.78, 5) is 4.48. The minimum Gasteiger partial charge on any atom is -0.199 e. The van der Waals surface area contributed by atoms with Crippen LogP contribution in [-0.2, 0) is 4.84 Å². The van der Waals surface area contributed by atoms with Crippen LogP contribution in [0.1, 0.15) is 0 Å². The third-order valence-electron chi connectivity index (χ3n) is 1.38. The highest BCUT2D eigenvalue weighted by Gasteiger charge is 2.16. The van der Waals surface area contributed by atoms with Crippen molar-refractivity contribution in [3.05, 3.63) is 28.5 Å². The summed E-state index contributed by atoms with van der Waals surface area (Å²) >= 11 is 2.99. The normalized spacial score (nSPS) is 13.0. The predicted octanol–water partition coefficient (Wildman–Crippen LogP) is 1.06. The maximum atomic E-state index is 13.1. The third kappa shape index (κ3) is 1.81. The maximum Gasteiger partial charge on any atom is 0.234 e. The molecule has 0 fully saturated rings. The molecule has 0 heterocycles. The van der Waals surface area contributed by atoms with Crippen LogP contribution in [0.2, 0.25) is 0 Å². The molecule has 0 aromatic heterocycles. The van der Waals surface area contributed by atoms with Gasteiger partial charge in [0.05, 0.1) is 4.47 Å². The molecular weight excluding hydrogens is 229 g/mol. The molecule has 0 radical (unpaired) electrons. The van der Waals surface area contributed by atoms with Gasteiger partial charge in [-0.1, -0.05) is 6.07 Å². The van der Waals surface area contributed by atoms with Crippen molar-refractivity contribution in [2.24, 2.45) is 0 Å². The summed E-state index contributed by atoms with van der Waals surface area (Å²) in [6.07, 6.45) is 0. The number of benzene rings is 1. The van der Waals surface area contributed by atoms with Gasteiger partial charge in [0, 0.05) is 6.07 Å². The fourth-order valence-corrected chi connectivity index (χ4v) is 1.15. The number of hydrogen-bond donors (Lipinski definition) is 2. The lowest BCUT2D eigenvalue weighted by Crippen LogP contribution is -3.03. The van der Waals surface area contributed by atoms with Gasteiger partial charge in [-0.25, -0.2) is 0 Å². The van der Waals surface area contributed by atoms with E-state index in [4.69, 9.17) is 5.21 Å². The average molecular weight is 237 g/mol. The first-order chi connectivity index (χ1) is 5.66. The first kappa shape index (κ1) is 9.60. The summed E-state index contributed by atoms with van der Waals surface area (Å²) in [6, 6.07) is 4.58. The molecular formula is C7H8BrFNO2+. The number of nitrogens with one attached hydrogen (secondary N) is 1. The van der Waals surface area contributed by atoms with E-state index in [2.05, 4.69) is 20.8 Å². The molecule has 1 rings (SSSR count). The van der Waals surface area contributed by atoms with E-state index >= 15 is 0 Å². The van der Waals surface area contributed by atoms with Gasteiger partial charge in [-0.2, -0.15) is 14.4 Å². The number of hydrogen-bond acceptors (Lipinski definition) is 2. The molecule has 3 nitrogen and oxygen atoms in total. The molecule has 0 aliphatic rings. The third-order valence-corrected chi connectivity index (χ3v) is 1.99. The van der Waals surface area contributed by atoms with E-state index < -0.39 is 11.0 Å². The van der Waals surface area contributed by atoms with Gasteiger partial charge in [0.1, 0.15) is 7.11 Å². The van der Waals surface area contributed by atoms with Crippen LogP contribution in [0, 0.1) is 5.82 Å². The standard InChI is InChI=1S/C7H7BrFNO2/c1-12-10(11)6-4-2-3-5(8)7(6)9/h2-4,11H,1H3/p+1. The summed E-state index contributed by atoms with van der Waals surface area (Å²) in [6.45, 7) is 0. The molecule has 12 heavy (non-hydrogen) atoms. The second-order valence-electron chi connectivity index (χ2n) is 2.11. The zero-order valence-electron chi connectivity index (χ0n) is 6.34. The van der Waals surface area contributed by atoms with Crippen LogP contribution in [0.3, 0.4) is 0 Å². The largest absolute Gasteiger partial charge is 0.234 e. The summed E-state index contributed by atoms with van der Waals surface area (Å²) in [5.41, 5.74) is 0.0480. The van der Waals surface area contributed by atoms with Gasteiger partial charge in [-0.15, -0.1) is 0 Å². The van der Waals surface area contributed by atoms with Gasteiger partial charge in [0.15, 0.2) is 0 Å². The van der Waals surface area contributed by atoms with Crippen LogP contribution in [0.25, 0.3) is 0 Å². The van der Waals surface area contributed by atoms with E-state index in [1.807, 2.05) is 0 Å². The Morgan fingerprint density at radius 3 is 2.83 bits per heavy atom. The van der Waals surface area contributed by atoms with Gasteiger partial charge in [0.25, 0.3) is 0 Å². The van der Waals surface area contributed by atoms with E-state index in [0.717, 1.165) is 0 Å². The molecule has 0 saturated heterocycles. The van der Waals surface area contributed by atoms with E-state index in [-0.39, 0.29) is 5.69 Å². The molecule has 0 saturated carbocycles. The van der Waals surface area contributed by atoms with E-state index in [1.165, 1.54) is 13.2 Å². The first-order valence-corrected chi connectivity index (χ1v) is 4.00. The lowest BCUT2D eigenvalue weighted by molar-refractivity contribution is -1.19. The maximum absolute atomic E-state index is 13.1. The lowest BCUT2D eigenvalue weighted by atomic mass is 10.3. The highest BCUT2D eigenvalue weighted by Crippen LogP contribution is 2.19. The minimum absolute atomic E-state index is 0.0480. The molecule has 5 heteroatoms. The summed E-state index contributed by atoms with van der Waals surface area (Å²) < 4.78 is 13.4. The van der Waals surface area contributed by atoms with Crippen molar-refractivity contribution in [3.8, 4) is 0 Å². The monoisotopic (exact) mass is 236 g/mol. The van der Waals surface area contributed by atoms with Crippen molar-refractivity contribution in [3.63, 3.8) is 0 Å². The number of rotatable bonds is 2. The minimum atomic E-state index is -0.531. The Kier molecular flexibility index (Phi) is 3.16. The Hall–Kier alpha value is -0.490. The first-order valence-electron chi connectivity index (χ1n) is 3.21. The van der Waals surface area contributed by atoms with E-state index in [0.29, 0.717) is 4.47 Å². The van der Waals surface area contributed by atoms with Crippen molar-refractivity contribution < 1.29 is 19.7 Å². The van der Waals surface area contributed by atoms with Crippen LogP contribution in [0.5, 0.6) is 0 Å². The lowest BCUT2D eigenvalue weighted by Gasteiger charge is -2.06. The fraction of sp³-hybridized carbons (Fsp3) is 0.143. The zero-order chi connectivity index (χ0) is 9.14. The smallest absolute Gasteiger partial charge is 0.199 e. The van der Waals surface area contributed by atoms with Gasteiger partial charge in [-0.3, -0.25) is 0 Å². The van der Waals surface area contributed by atoms with Gasteiger partial charge >= 0.3 is 0 Å². The van der Waals surface area contributed by atoms with Crippen LogP contribution in [-0.4, -0.2) is 12.3 Å². The quantitative estimate of drug-likeness (QED) is 0.754. The zero-order valence-corrected chi connectivity index (χ0v) is 7.93. The molecule has 0 aliphatic carbocycles. The second kappa shape index (κ2) is 3.95. The average Bonchev–Trinajstić information content (AvgIpc) is 2.08. The van der Waals surface area contributed by atoms with Crippen molar-refractivity contribution >= 4 is 21.6 Å². The molecule has 0 spiro atoms. The topological polar surface area (TPSA) is 33.9 Å². The van der Waals surface area contributed by atoms with Crippen molar-refractivity contribution in [1.82, 2.24) is 0 Å². The number of quaternary nitrogens is 1. The highest BCUT2D eigenvalue weighted by molar-refractivity contribution is 9.10. The van der Waals surface area contributed by atoms with Crippen molar-refractivity contribution in [1.29, 1.82) is 0 Å². The predicted molar refractivity (Wildman–Crippen MR) is 43.5 cm³/mol. The molecule has 66 valence electrons.